The third-order valence-corrected chi connectivity index (χ3v) is 3.70. The lowest BCUT2D eigenvalue weighted by atomic mass is 10.1. The summed E-state index contributed by atoms with van der Waals surface area (Å²) < 4.78 is 18.3. The fourth-order valence-electron chi connectivity index (χ4n) is 2.52. The molecule has 1 aliphatic heterocycles. The molecule has 0 spiro atoms. The number of carbonyl (C=O) groups is 1. The molecule has 1 amide bonds. The normalized spacial score (nSPS) is 18.1. The first kappa shape index (κ1) is 14.9. The predicted molar refractivity (Wildman–Crippen MR) is 75.2 cm³/mol. The van der Waals surface area contributed by atoms with Crippen molar-refractivity contribution in [2.45, 2.75) is 13.0 Å². The van der Waals surface area contributed by atoms with Gasteiger partial charge in [-0.25, -0.2) is 4.39 Å². The summed E-state index contributed by atoms with van der Waals surface area (Å²) in [5.41, 5.74) is 0.420. The van der Waals surface area contributed by atoms with Crippen molar-refractivity contribution in [3.63, 3.8) is 0 Å². The smallest absolute Gasteiger partial charge is 0.254 e. The van der Waals surface area contributed by atoms with Gasteiger partial charge in [0.15, 0.2) is 0 Å². The molecule has 0 saturated carbocycles. The van der Waals surface area contributed by atoms with Crippen molar-refractivity contribution >= 4 is 5.91 Å². The Bertz CT molecular complexity index is 459. The Hall–Kier alpha value is -1.46. The summed E-state index contributed by atoms with van der Waals surface area (Å²) in [5, 5.41) is 0. The lowest BCUT2D eigenvalue weighted by Crippen LogP contribution is -2.52. The SMILES string of the molecule is COCC(C)N1CCN(C(=O)c2cccc(F)c2)CC1. The van der Waals surface area contributed by atoms with Crippen LogP contribution in [0.4, 0.5) is 4.39 Å². The van der Waals surface area contributed by atoms with E-state index in [2.05, 4.69) is 11.8 Å². The van der Waals surface area contributed by atoms with Gasteiger partial charge in [0.1, 0.15) is 5.82 Å². The molecule has 1 saturated heterocycles. The Labute approximate surface area is 119 Å². The summed E-state index contributed by atoms with van der Waals surface area (Å²) in [4.78, 5) is 16.4. The van der Waals surface area contributed by atoms with E-state index in [1.807, 2.05) is 0 Å². The second kappa shape index (κ2) is 6.81. The van der Waals surface area contributed by atoms with Crippen LogP contribution < -0.4 is 0 Å². The lowest BCUT2D eigenvalue weighted by molar-refractivity contribution is 0.0448. The molecule has 1 unspecified atom stereocenters. The first-order chi connectivity index (χ1) is 9.61. The Morgan fingerprint density at radius 2 is 2.05 bits per heavy atom. The number of carbonyl (C=O) groups excluding carboxylic acids is 1. The van der Waals surface area contributed by atoms with Crippen molar-refractivity contribution in [2.24, 2.45) is 0 Å². The van der Waals surface area contributed by atoms with Crippen molar-refractivity contribution < 1.29 is 13.9 Å². The van der Waals surface area contributed by atoms with E-state index in [1.54, 1.807) is 24.1 Å². The van der Waals surface area contributed by atoms with Crippen LogP contribution in [0.5, 0.6) is 0 Å². The number of amides is 1. The van der Waals surface area contributed by atoms with Gasteiger partial charge < -0.3 is 9.64 Å². The highest BCUT2D eigenvalue weighted by atomic mass is 19.1. The Morgan fingerprint density at radius 1 is 1.35 bits per heavy atom. The average Bonchev–Trinajstić information content (AvgIpc) is 2.47. The van der Waals surface area contributed by atoms with Gasteiger partial charge in [-0.3, -0.25) is 9.69 Å². The maximum absolute atomic E-state index is 13.2. The van der Waals surface area contributed by atoms with E-state index in [0.717, 1.165) is 13.1 Å². The van der Waals surface area contributed by atoms with Crippen LogP contribution in [0.3, 0.4) is 0 Å². The number of rotatable bonds is 4. The summed E-state index contributed by atoms with van der Waals surface area (Å²) in [6.45, 7) is 5.80. The van der Waals surface area contributed by atoms with E-state index in [0.29, 0.717) is 31.3 Å². The van der Waals surface area contributed by atoms with Crippen LogP contribution in [0.1, 0.15) is 17.3 Å². The number of nitrogens with zero attached hydrogens (tertiary/aromatic N) is 2. The maximum Gasteiger partial charge on any atom is 0.254 e. The highest BCUT2D eigenvalue weighted by Gasteiger charge is 2.24. The van der Waals surface area contributed by atoms with Crippen LogP contribution in [0, 0.1) is 5.82 Å². The van der Waals surface area contributed by atoms with Gasteiger partial charge in [-0.2, -0.15) is 0 Å². The summed E-state index contributed by atoms with van der Waals surface area (Å²) in [6, 6.07) is 6.22. The third-order valence-electron chi connectivity index (χ3n) is 3.70. The highest BCUT2D eigenvalue weighted by molar-refractivity contribution is 5.94. The molecule has 0 bridgehead atoms. The molecule has 0 aliphatic carbocycles. The number of methoxy groups -OCH3 is 1. The van der Waals surface area contributed by atoms with Gasteiger partial charge in [-0.15, -0.1) is 0 Å². The Kier molecular flexibility index (Phi) is 5.09. The second-order valence-electron chi connectivity index (χ2n) is 5.14. The van der Waals surface area contributed by atoms with Crippen LogP contribution >= 0.6 is 0 Å². The first-order valence-electron chi connectivity index (χ1n) is 6.89. The minimum atomic E-state index is -0.372. The Balaban J connectivity index is 1.92. The number of piperazine rings is 1. The second-order valence-corrected chi connectivity index (χ2v) is 5.14. The molecule has 1 aromatic carbocycles. The number of halogens is 1. The average molecular weight is 280 g/mol. The maximum atomic E-state index is 13.2. The zero-order valence-corrected chi connectivity index (χ0v) is 12.0. The predicted octanol–water partition coefficient (Wildman–Crippen LogP) is 1.62. The number of ether oxygens (including phenoxy) is 1. The van der Waals surface area contributed by atoms with E-state index >= 15 is 0 Å². The van der Waals surface area contributed by atoms with E-state index < -0.39 is 0 Å². The molecule has 110 valence electrons. The van der Waals surface area contributed by atoms with Crippen LogP contribution in [-0.2, 0) is 4.74 Å². The van der Waals surface area contributed by atoms with E-state index in [-0.39, 0.29) is 11.7 Å². The molecule has 2 rings (SSSR count). The fourth-order valence-corrected chi connectivity index (χ4v) is 2.52. The zero-order valence-electron chi connectivity index (χ0n) is 12.0. The zero-order chi connectivity index (χ0) is 14.5. The summed E-state index contributed by atoms with van der Waals surface area (Å²) in [6.07, 6.45) is 0. The van der Waals surface area contributed by atoms with Crippen LogP contribution in [0.25, 0.3) is 0 Å². The van der Waals surface area contributed by atoms with Crippen molar-refractivity contribution in [1.82, 2.24) is 9.80 Å². The van der Waals surface area contributed by atoms with Crippen LogP contribution in [0.15, 0.2) is 24.3 Å². The van der Waals surface area contributed by atoms with E-state index in [4.69, 9.17) is 4.74 Å². The van der Waals surface area contributed by atoms with Crippen molar-refractivity contribution in [2.75, 3.05) is 39.9 Å². The molecule has 1 aliphatic rings. The lowest BCUT2D eigenvalue weighted by Gasteiger charge is -2.37. The largest absolute Gasteiger partial charge is 0.383 e. The van der Waals surface area contributed by atoms with Crippen molar-refractivity contribution in [3.8, 4) is 0 Å². The topological polar surface area (TPSA) is 32.8 Å². The van der Waals surface area contributed by atoms with Gasteiger partial charge in [0.25, 0.3) is 5.91 Å². The van der Waals surface area contributed by atoms with E-state index in [9.17, 15) is 9.18 Å². The highest BCUT2D eigenvalue weighted by Crippen LogP contribution is 2.12. The minimum absolute atomic E-state index is 0.0939. The van der Waals surface area contributed by atoms with Gasteiger partial charge in [-0.05, 0) is 25.1 Å². The molecule has 5 heteroatoms. The van der Waals surface area contributed by atoms with Gasteiger partial charge in [0.05, 0.1) is 6.61 Å². The molecule has 0 N–H and O–H groups in total. The molecule has 0 radical (unpaired) electrons. The molecule has 20 heavy (non-hydrogen) atoms. The monoisotopic (exact) mass is 280 g/mol. The van der Waals surface area contributed by atoms with Gasteiger partial charge >= 0.3 is 0 Å². The molecule has 0 aromatic heterocycles. The van der Waals surface area contributed by atoms with Gasteiger partial charge in [-0.1, -0.05) is 6.07 Å². The molecular formula is C15H21FN2O2. The molecule has 1 aromatic rings. The first-order valence-corrected chi connectivity index (χ1v) is 6.89. The molecule has 1 fully saturated rings. The molecule has 4 nitrogen and oxygen atoms in total. The van der Waals surface area contributed by atoms with Crippen molar-refractivity contribution in [1.29, 1.82) is 0 Å². The summed E-state index contributed by atoms with van der Waals surface area (Å²) in [7, 11) is 1.69. The standard InChI is InChI=1S/C15H21FN2O2/c1-12(11-20-2)17-6-8-18(9-7-17)15(19)13-4-3-5-14(16)10-13/h3-5,10,12H,6-9,11H2,1-2H3. The van der Waals surface area contributed by atoms with Gasteiger partial charge in [0, 0.05) is 44.9 Å². The number of benzene rings is 1. The van der Waals surface area contributed by atoms with Crippen LogP contribution in [-0.4, -0.2) is 61.6 Å². The molecule has 1 heterocycles. The molecular weight excluding hydrogens is 259 g/mol. The minimum Gasteiger partial charge on any atom is -0.383 e. The quantitative estimate of drug-likeness (QED) is 0.840. The van der Waals surface area contributed by atoms with Gasteiger partial charge in [0.2, 0.25) is 0 Å². The molecule has 1 atom stereocenters. The number of hydrogen-bond acceptors (Lipinski definition) is 3. The van der Waals surface area contributed by atoms with Crippen molar-refractivity contribution in [3.05, 3.63) is 35.6 Å². The van der Waals surface area contributed by atoms with Crippen LogP contribution in [0.2, 0.25) is 0 Å². The summed E-state index contributed by atoms with van der Waals surface area (Å²) >= 11 is 0. The third kappa shape index (κ3) is 3.55. The van der Waals surface area contributed by atoms with E-state index in [1.165, 1.54) is 12.1 Å². The summed E-state index contributed by atoms with van der Waals surface area (Å²) in [5.74, 6) is -0.466. The Morgan fingerprint density at radius 3 is 2.65 bits per heavy atom. The fraction of sp³-hybridized carbons (Fsp3) is 0.533. The number of hydrogen-bond donors (Lipinski definition) is 0.